The molecule has 2 unspecified atom stereocenters. The Kier molecular flexibility index (Phi) is 4.22. The van der Waals surface area contributed by atoms with Crippen molar-refractivity contribution in [1.82, 2.24) is 10.2 Å². The van der Waals surface area contributed by atoms with Crippen LogP contribution in [0.4, 0.5) is 0 Å². The van der Waals surface area contributed by atoms with Crippen LogP contribution in [0, 0.1) is 12.8 Å². The van der Waals surface area contributed by atoms with Crippen molar-refractivity contribution in [1.29, 1.82) is 0 Å². The van der Waals surface area contributed by atoms with Crippen molar-refractivity contribution in [3.05, 3.63) is 29.5 Å². The number of carbonyl (C=O) groups is 2. The summed E-state index contributed by atoms with van der Waals surface area (Å²) < 4.78 is 11.2. The van der Waals surface area contributed by atoms with Crippen LogP contribution in [0.1, 0.15) is 30.7 Å². The molecule has 6 nitrogen and oxygen atoms in total. The van der Waals surface area contributed by atoms with Gasteiger partial charge in [0.05, 0.1) is 19.1 Å². The van der Waals surface area contributed by atoms with E-state index in [-0.39, 0.29) is 30.2 Å². The average Bonchev–Trinajstić information content (AvgIpc) is 3.07. The molecule has 2 atom stereocenters. The van der Waals surface area contributed by atoms with Crippen molar-refractivity contribution in [3.8, 4) is 5.75 Å². The Morgan fingerprint density at radius 3 is 2.83 bits per heavy atom. The summed E-state index contributed by atoms with van der Waals surface area (Å²) in [7, 11) is 3.34. The van der Waals surface area contributed by atoms with Gasteiger partial charge in [-0.05, 0) is 32.0 Å². The van der Waals surface area contributed by atoms with Crippen LogP contribution in [0.15, 0.2) is 22.6 Å². The molecule has 1 aliphatic rings. The second kappa shape index (κ2) is 6.19. The lowest BCUT2D eigenvalue weighted by molar-refractivity contribution is -0.128. The number of carbonyl (C=O) groups excluding carboxylic acids is 2. The highest BCUT2D eigenvalue weighted by molar-refractivity contribution is 5.89. The van der Waals surface area contributed by atoms with E-state index in [1.807, 2.05) is 32.0 Å². The van der Waals surface area contributed by atoms with Crippen molar-refractivity contribution in [2.24, 2.45) is 5.92 Å². The van der Waals surface area contributed by atoms with E-state index < -0.39 is 0 Å². The highest BCUT2D eigenvalue weighted by atomic mass is 16.5. The molecule has 1 N–H and O–H groups in total. The Hall–Kier alpha value is -2.50. The first-order chi connectivity index (χ1) is 11.4. The molecule has 1 aliphatic heterocycles. The van der Waals surface area contributed by atoms with Crippen LogP contribution in [0.3, 0.4) is 0 Å². The monoisotopic (exact) mass is 330 g/mol. The lowest BCUT2D eigenvalue weighted by atomic mass is 10.1. The van der Waals surface area contributed by atoms with E-state index in [0.29, 0.717) is 6.54 Å². The lowest BCUT2D eigenvalue weighted by Gasteiger charge is -2.16. The lowest BCUT2D eigenvalue weighted by Crippen LogP contribution is -2.34. The average molecular weight is 330 g/mol. The van der Waals surface area contributed by atoms with E-state index in [2.05, 4.69) is 5.32 Å². The van der Waals surface area contributed by atoms with Crippen molar-refractivity contribution >= 4 is 22.8 Å². The maximum Gasteiger partial charge on any atom is 0.226 e. The molecule has 2 amide bonds. The molecule has 0 radical (unpaired) electrons. The van der Waals surface area contributed by atoms with E-state index in [4.69, 9.17) is 9.15 Å². The van der Waals surface area contributed by atoms with Gasteiger partial charge in [0.25, 0.3) is 0 Å². The minimum absolute atomic E-state index is 0.00909. The van der Waals surface area contributed by atoms with E-state index in [0.717, 1.165) is 28.0 Å². The molecule has 0 bridgehead atoms. The van der Waals surface area contributed by atoms with Gasteiger partial charge in [0, 0.05) is 31.0 Å². The fourth-order valence-corrected chi connectivity index (χ4v) is 3.19. The second-order valence-electron chi connectivity index (χ2n) is 6.36. The van der Waals surface area contributed by atoms with E-state index in [1.165, 1.54) is 0 Å². The van der Waals surface area contributed by atoms with Gasteiger partial charge in [0.1, 0.15) is 17.1 Å². The number of nitrogens with one attached hydrogen (secondary N) is 1. The van der Waals surface area contributed by atoms with E-state index in [9.17, 15) is 9.59 Å². The third-order valence-corrected chi connectivity index (χ3v) is 4.64. The van der Waals surface area contributed by atoms with Gasteiger partial charge in [-0.3, -0.25) is 9.59 Å². The van der Waals surface area contributed by atoms with Gasteiger partial charge in [-0.2, -0.15) is 0 Å². The third kappa shape index (κ3) is 2.84. The molecule has 6 heteroatoms. The summed E-state index contributed by atoms with van der Waals surface area (Å²) in [4.78, 5) is 25.6. The zero-order chi connectivity index (χ0) is 17.4. The Morgan fingerprint density at radius 2 is 2.21 bits per heavy atom. The molecule has 1 fully saturated rings. The molecule has 1 aromatic heterocycles. The summed E-state index contributed by atoms with van der Waals surface area (Å²) >= 11 is 0. The van der Waals surface area contributed by atoms with Crippen LogP contribution in [0.5, 0.6) is 5.75 Å². The Morgan fingerprint density at radius 1 is 1.46 bits per heavy atom. The number of likely N-dealkylation sites (tertiary alicyclic amines) is 1. The van der Waals surface area contributed by atoms with Gasteiger partial charge in [-0.15, -0.1) is 0 Å². The summed E-state index contributed by atoms with van der Waals surface area (Å²) in [5.41, 5.74) is 1.75. The number of rotatable bonds is 4. The number of hydrogen-bond acceptors (Lipinski definition) is 4. The number of methoxy groups -OCH3 is 1. The van der Waals surface area contributed by atoms with Gasteiger partial charge in [-0.25, -0.2) is 0 Å². The molecule has 0 aliphatic carbocycles. The van der Waals surface area contributed by atoms with Crippen molar-refractivity contribution in [2.75, 3.05) is 20.7 Å². The second-order valence-corrected chi connectivity index (χ2v) is 6.36. The molecule has 24 heavy (non-hydrogen) atoms. The van der Waals surface area contributed by atoms with Crippen molar-refractivity contribution in [3.63, 3.8) is 0 Å². The number of amides is 2. The molecule has 128 valence electrons. The standard InChI is InChI=1S/C18H22N2O4/c1-10-14-8-13(23-4)5-6-15(14)24-17(10)11(2)19-18(22)12-7-16(21)20(3)9-12/h5-6,8,11-12H,7,9H2,1-4H3,(H,19,22). The summed E-state index contributed by atoms with van der Waals surface area (Å²) in [5, 5.41) is 3.94. The Balaban J connectivity index is 1.79. The van der Waals surface area contributed by atoms with Gasteiger partial charge in [-0.1, -0.05) is 0 Å². The predicted molar refractivity (Wildman–Crippen MR) is 89.8 cm³/mol. The van der Waals surface area contributed by atoms with E-state index in [1.54, 1.807) is 19.1 Å². The van der Waals surface area contributed by atoms with Gasteiger partial charge in [0.2, 0.25) is 11.8 Å². The quantitative estimate of drug-likeness (QED) is 0.934. The largest absolute Gasteiger partial charge is 0.497 e. The normalized spacial score (nSPS) is 18.9. The number of benzene rings is 1. The summed E-state index contributed by atoms with van der Waals surface area (Å²) in [5.74, 6) is 1.09. The summed E-state index contributed by atoms with van der Waals surface area (Å²) in [6.45, 7) is 4.32. The number of ether oxygens (including phenoxy) is 1. The zero-order valence-electron chi connectivity index (χ0n) is 14.4. The highest BCUT2D eigenvalue weighted by Gasteiger charge is 2.33. The van der Waals surface area contributed by atoms with Crippen molar-refractivity contribution < 1.29 is 18.7 Å². The first-order valence-electron chi connectivity index (χ1n) is 8.02. The number of hydrogen-bond donors (Lipinski definition) is 1. The Labute approximate surface area is 140 Å². The Bertz CT molecular complexity index is 796. The highest BCUT2D eigenvalue weighted by Crippen LogP contribution is 2.32. The number of aryl methyl sites for hydroxylation is 1. The van der Waals surface area contributed by atoms with Crippen LogP contribution in [0.25, 0.3) is 11.0 Å². The molecule has 2 aromatic rings. The summed E-state index contributed by atoms with van der Waals surface area (Å²) in [6.07, 6.45) is 0.269. The molecular weight excluding hydrogens is 308 g/mol. The van der Waals surface area contributed by atoms with Crippen LogP contribution >= 0.6 is 0 Å². The molecule has 0 spiro atoms. The van der Waals surface area contributed by atoms with Gasteiger partial charge < -0.3 is 19.4 Å². The van der Waals surface area contributed by atoms with Crippen molar-refractivity contribution in [2.45, 2.75) is 26.3 Å². The van der Waals surface area contributed by atoms with Crippen LogP contribution in [-0.2, 0) is 9.59 Å². The zero-order valence-corrected chi connectivity index (χ0v) is 14.4. The molecule has 3 rings (SSSR count). The molecule has 1 saturated heterocycles. The predicted octanol–water partition coefficient (Wildman–Crippen LogP) is 2.41. The van der Waals surface area contributed by atoms with Gasteiger partial charge in [0.15, 0.2) is 0 Å². The maximum absolute atomic E-state index is 12.4. The fourth-order valence-electron chi connectivity index (χ4n) is 3.19. The topological polar surface area (TPSA) is 71.8 Å². The SMILES string of the molecule is COc1ccc2oc(C(C)NC(=O)C3CC(=O)N(C)C3)c(C)c2c1. The minimum atomic E-state index is -0.297. The first kappa shape index (κ1) is 16.4. The van der Waals surface area contributed by atoms with Crippen LogP contribution < -0.4 is 10.1 Å². The molecular formula is C18H22N2O4. The fraction of sp³-hybridized carbons (Fsp3) is 0.444. The minimum Gasteiger partial charge on any atom is -0.497 e. The molecule has 0 saturated carbocycles. The maximum atomic E-state index is 12.4. The van der Waals surface area contributed by atoms with E-state index >= 15 is 0 Å². The number of fused-ring (bicyclic) bond motifs is 1. The molecule has 1 aromatic carbocycles. The van der Waals surface area contributed by atoms with Crippen LogP contribution in [0.2, 0.25) is 0 Å². The first-order valence-corrected chi connectivity index (χ1v) is 8.02. The van der Waals surface area contributed by atoms with Crippen LogP contribution in [-0.4, -0.2) is 37.4 Å². The third-order valence-electron chi connectivity index (χ3n) is 4.64. The van der Waals surface area contributed by atoms with Gasteiger partial charge >= 0.3 is 0 Å². The number of furan rings is 1. The molecule has 2 heterocycles. The summed E-state index contributed by atoms with van der Waals surface area (Å²) in [6, 6.07) is 5.37. The number of nitrogens with zero attached hydrogens (tertiary/aromatic N) is 1. The smallest absolute Gasteiger partial charge is 0.226 e.